The second-order valence-corrected chi connectivity index (χ2v) is 3.92. The molecule has 92 valence electrons. The summed E-state index contributed by atoms with van der Waals surface area (Å²) in [7, 11) is 0. The minimum Gasteiger partial charge on any atom is -0.381 e. The van der Waals surface area contributed by atoms with Crippen LogP contribution >= 0.6 is 0 Å². The van der Waals surface area contributed by atoms with E-state index in [-0.39, 0.29) is 0 Å². The van der Waals surface area contributed by atoms with Crippen LogP contribution in [0, 0.1) is 6.92 Å². The van der Waals surface area contributed by atoms with Gasteiger partial charge in [0, 0.05) is 19.4 Å². The summed E-state index contributed by atoms with van der Waals surface area (Å²) in [5.41, 5.74) is 2.55. The van der Waals surface area contributed by atoms with Gasteiger partial charge >= 0.3 is 0 Å². The molecule has 0 amide bonds. The van der Waals surface area contributed by atoms with E-state index in [4.69, 9.17) is 4.74 Å². The summed E-state index contributed by atoms with van der Waals surface area (Å²) in [5.74, 6) is 0. The highest BCUT2D eigenvalue weighted by molar-refractivity contribution is 5.15. The molecular formula is C13H24N2O. The van der Waals surface area contributed by atoms with Crippen molar-refractivity contribution in [2.75, 3.05) is 13.2 Å². The molecule has 1 fully saturated rings. The zero-order valence-corrected chi connectivity index (χ0v) is 11.0. The predicted octanol–water partition coefficient (Wildman–Crippen LogP) is 3.13. The molecule has 16 heavy (non-hydrogen) atoms. The second kappa shape index (κ2) is 6.69. The predicted molar refractivity (Wildman–Crippen MR) is 66.8 cm³/mol. The number of aromatic nitrogens is 2. The Labute approximate surface area is 98.8 Å². The van der Waals surface area contributed by atoms with Crippen LogP contribution in [-0.2, 0) is 11.2 Å². The first-order valence-electron chi connectivity index (χ1n) is 6.43. The van der Waals surface area contributed by atoms with E-state index in [0.29, 0.717) is 6.04 Å². The average Bonchev–Trinajstić information content (AvgIpc) is 2.74. The van der Waals surface area contributed by atoms with Gasteiger partial charge in [-0.1, -0.05) is 20.8 Å². The van der Waals surface area contributed by atoms with E-state index in [9.17, 15) is 0 Å². The maximum Gasteiger partial charge on any atom is 0.0625 e. The number of hydrogen-bond donors (Lipinski definition) is 0. The molecule has 0 aromatic carbocycles. The monoisotopic (exact) mass is 224 g/mol. The number of ether oxygens (including phenoxy) is 1. The van der Waals surface area contributed by atoms with Crippen LogP contribution in [0.4, 0.5) is 0 Å². The van der Waals surface area contributed by atoms with Gasteiger partial charge in [0.2, 0.25) is 0 Å². The van der Waals surface area contributed by atoms with Crippen LogP contribution in [0.5, 0.6) is 0 Å². The van der Waals surface area contributed by atoms with Crippen molar-refractivity contribution < 1.29 is 4.74 Å². The van der Waals surface area contributed by atoms with Gasteiger partial charge < -0.3 is 4.74 Å². The van der Waals surface area contributed by atoms with Crippen molar-refractivity contribution in [1.29, 1.82) is 0 Å². The van der Waals surface area contributed by atoms with Crippen molar-refractivity contribution >= 4 is 0 Å². The van der Waals surface area contributed by atoms with Crippen LogP contribution < -0.4 is 0 Å². The van der Waals surface area contributed by atoms with Gasteiger partial charge in [0.1, 0.15) is 0 Å². The Kier molecular flexibility index (Phi) is 5.53. The van der Waals surface area contributed by atoms with Crippen molar-refractivity contribution in [3.05, 3.63) is 17.5 Å². The maximum absolute atomic E-state index is 5.34. The quantitative estimate of drug-likeness (QED) is 0.771. The minimum atomic E-state index is 0.558. The highest BCUT2D eigenvalue weighted by Gasteiger charge is 2.17. The van der Waals surface area contributed by atoms with Gasteiger partial charge in [0.15, 0.2) is 0 Å². The van der Waals surface area contributed by atoms with Gasteiger partial charge in [-0.25, -0.2) is 0 Å². The summed E-state index contributed by atoms with van der Waals surface area (Å²) < 4.78 is 7.48. The van der Waals surface area contributed by atoms with Crippen molar-refractivity contribution in [2.45, 2.75) is 53.0 Å². The molecule has 0 bridgehead atoms. The van der Waals surface area contributed by atoms with Gasteiger partial charge in [-0.15, -0.1) is 0 Å². The molecule has 0 N–H and O–H groups in total. The van der Waals surface area contributed by atoms with Crippen LogP contribution in [0.15, 0.2) is 6.20 Å². The molecule has 0 saturated carbocycles. The summed E-state index contributed by atoms with van der Waals surface area (Å²) >= 11 is 0. The highest BCUT2D eigenvalue weighted by atomic mass is 16.5. The van der Waals surface area contributed by atoms with Gasteiger partial charge in [0.25, 0.3) is 0 Å². The fourth-order valence-electron chi connectivity index (χ4n) is 2.00. The van der Waals surface area contributed by atoms with E-state index in [1.807, 2.05) is 13.8 Å². The largest absolute Gasteiger partial charge is 0.381 e. The van der Waals surface area contributed by atoms with Crippen molar-refractivity contribution in [2.24, 2.45) is 0 Å². The molecule has 0 atom stereocenters. The van der Waals surface area contributed by atoms with Crippen molar-refractivity contribution in [3.8, 4) is 0 Å². The third-order valence-corrected chi connectivity index (χ3v) is 2.96. The van der Waals surface area contributed by atoms with E-state index in [1.54, 1.807) is 0 Å². The van der Waals surface area contributed by atoms with Crippen molar-refractivity contribution in [1.82, 2.24) is 9.78 Å². The van der Waals surface area contributed by atoms with Gasteiger partial charge in [0.05, 0.1) is 11.7 Å². The lowest BCUT2D eigenvalue weighted by atomic mass is 10.1. The molecule has 1 aromatic heterocycles. The molecule has 1 aliphatic rings. The zero-order chi connectivity index (χ0) is 12.0. The maximum atomic E-state index is 5.34. The van der Waals surface area contributed by atoms with Gasteiger partial charge in [-0.2, -0.15) is 5.10 Å². The standard InChI is InChI=1S/C11H18N2O.C2H6/c1-3-10-8-13(12-9(10)2)11-4-6-14-7-5-11;1-2/h8,11H,3-7H2,1-2H3;1-2H3. The normalized spacial score (nSPS) is 16.8. The summed E-state index contributed by atoms with van der Waals surface area (Å²) in [6, 6.07) is 0.558. The van der Waals surface area contributed by atoms with Crippen LogP contribution in [0.2, 0.25) is 0 Å². The van der Waals surface area contributed by atoms with Crippen LogP contribution in [-0.4, -0.2) is 23.0 Å². The number of hydrogen-bond acceptors (Lipinski definition) is 2. The number of nitrogens with zero attached hydrogens (tertiary/aromatic N) is 2. The van der Waals surface area contributed by atoms with E-state index in [1.165, 1.54) is 11.3 Å². The summed E-state index contributed by atoms with van der Waals surface area (Å²) in [6.07, 6.45) is 5.48. The third-order valence-electron chi connectivity index (χ3n) is 2.96. The summed E-state index contributed by atoms with van der Waals surface area (Å²) in [6.45, 7) is 10.0. The second-order valence-electron chi connectivity index (χ2n) is 3.92. The van der Waals surface area contributed by atoms with E-state index < -0.39 is 0 Å². The summed E-state index contributed by atoms with van der Waals surface area (Å²) in [4.78, 5) is 0. The Hall–Kier alpha value is -0.830. The third kappa shape index (κ3) is 3.08. The average molecular weight is 224 g/mol. The lowest BCUT2D eigenvalue weighted by Crippen LogP contribution is -2.19. The highest BCUT2D eigenvalue weighted by Crippen LogP contribution is 2.21. The van der Waals surface area contributed by atoms with Gasteiger partial charge in [-0.05, 0) is 31.7 Å². The fraction of sp³-hybridized carbons (Fsp3) is 0.769. The van der Waals surface area contributed by atoms with E-state index in [0.717, 1.165) is 32.5 Å². The molecule has 3 nitrogen and oxygen atoms in total. The molecule has 1 aromatic rings. The topological polar surface area (TPSA) is 27.1 Å². The number of rotatable bonds is 2. The van der Waals surface area contributed by atoms with E-state index >= 15 is 0 Å². The lowest BCUT2D eigenvalue weighted by molar-refractivity contribution is 0.0661. The van der Waals surface area contributed by atoms with Crippen LogP contribution in [0.3, 0.4) is 0 Å². The van der Waals surface area contributed by atoms with Crippen LogP contribution in [0.25, 0.3) is 0 Å². The first-order chi connectivity index (χ1) is 7.81. The summed E-state index contributed by atoms with van der Waals surface area (Å²) in [5, 5.41) is 4.57. The fourth-order valence-corrected chi connectivity index (χ4v) is 2.00. The molecule has 2 heterocycles. The molecule has 2 rings (SSSR count). The molecular weight excluding hydrogens is 200 g/mol. The molecule has 3 heteroatoms. The Morgan fingerprint density at radius 2 is 2.00 bits per heavy atom. The SMILES string of the molecule is CC.CCc1cn(C2CCOCC2)nc1C. The zero-order valence-electron chi connectivity index (χ0n) is 11.0. The molecule has 1 aliphatic heterocycles. The Morgan fingerprint density at radius 1 is 1.38 bits per heavy atom. The molecule has 0 aliphatic carbocycles. The smallest absolute Gasteiger partial charge is 0.0625 e. The lowest BCUT2D eigenvalue weighted by Gasteiger charge is -2.22. The molecule has 0 radical (unpaired) electrons. The number of aryl methyl sites for hydroxylation is 2. The first kappa shape index (κ1) is 13.2. The first-order valence-corrected chi connectivity index (χ1v) is 6.43. The molecule has 1 saturated heterocycles. The van der Waals surface area contributed by atoms with E-state index in [2.05, 4.69) is 29.8 Å². The Balaban J connectivity index is 0.000000606. The van der Waals surface area contributed by atoms with Crippen molar-refractivity contribution in [3.63, 3.8) is 0 Å². The van der Waals surface area contributed by atoms with Crippen LogP contribution in [0.1, 0.15) is 50.9 Å². The minimum absolute atomic E-state index is 0.558. The molecule has 0 spiro atoms. The molecule has 0 unspecified atom stereocenters. The van der Waals surface area contributed by atoms with Gasteiger partial charge in [-0.3, -0.25) is 4.68 Å². The Bertz CT molecular complexity index is 301. The Morgan fingerprint density at radius 3 is 2.50 bits per heavy atom.